The van der Waals surface area contributed by atoms with Crippen molar-refractivity contribution in [1.82, 2.24) is 4.31 Å². The van der Waals surface area contributed by atoms with Gasteiger partial charge in [-0.25, -0.2) is 16.8 Å². The standard InChI is InChI=1S/C27H35NO5S.C8H5ClO3S/c1-20(2)18-28(34(30,31)24-11-12-25-23(17-24)13-14-32-25)19-22(15-21-9-7-6-8-10-21)16-26(29)33-27(3,4)5;9-13(10,11)7-1-2-8-6(5-7)3-4-12-8/h6-14,17,20,22H,15-16,18-19H2,1-5H3;1-5H/t22-;/m1./s1. The first-order valence-electron chi connectivity index (χ1n) is 15.2. The summed E-state index contributed by atoms with van der Waals surface area (Å²) in [6.45, 7) is 10.0. The lowest BCUT2D eigenvalue weighted by Crippen LogP contribution is -2.39. The Kier molecular flexibility index (Phi) is 11.6. The van der Waals surface area contributed by atoms with Gasteiger partial charge in [0.05, 0.1) is 22.3 Å². The molecule has 0 N–H and O–H groups in total. The van der Waals surface area contributed by atoms with E-state index in [9.17, 15) is 21.6 Å². The maximum Gasteiger partial charge on any atom is 0.306 e. The fourth-order valence-electron chi connectivity index (χ4n) is 5.08. The number of nitrogens with zero attached hydrogens (tertiary/aromatic N) is 1. The Morgan fingerprint density at radius 3 is 1.89 bits per heavy atom. The molecule has 0 saturated carbocycles. The molecule has 1 atom stereocenters. The minimum Gasteiger partial charge on any atom is -0.464 e. The van der Waals surface area contributed by atoms with E-state index in [0.29, 0.717) is 24.1 Å². The maximum absolute atomic E-state index is 13.7. The highest BCUT2D eigenvalue weighted by Gasteiger charge is 2.30. The number of carbonyl (C=O) groups is 1. The second kappa shape index (κ2) is 15.1. The summed E-state index contributed by atoms with van der Waals surface area (Å²) in [4.78, 5) is 13.0. The fraction of sp³-hybridized carbons (Fsp3) is 0.343. The Morgan fingerprint density at radius 2 is 1.36 bits per heavy atom. The van der Waals surface area contributed by atoms with Gasteiger partial charge in [-0.3, -0.25) is 4.79 Å². The molecule has 252 valence electrons. The first kappa shape index (κ1) is 36.2. The van der Waals surface area contributed by atoms with Crippen LogP contribution in [0.2, 0.25) is 0 Å². The third kappa shape index (κ3) is 10.4. The first-order valence-corrected chi connectivity index (χ1v) is 18.9. The van der Waals surface area contributed by atoms with Crippen LogP contribution in [0.4, 0.5) is 0 Å². The molecule has 2 heterocycles. The minimum atomic E-state index is -3.78. The van der Waals surface area contributed by atoms with Gasteiger partial charge in [0.2, 0.25) is 10.0 Å². The van der Waals surface area contributed by atoms with Gasteiger partial charge >= 0.3 is 5.97 Å². The molecule has 0 bridgehead atoms. The van der Waals surface area contributed by atoms with Crippen LogP contribution in [0.5, 0.6) is 0 Å². The van der Waals surface area contributed by atoms with E-state index in [2.05, 4.69) is 0 Å². The molecule has 0 aliphatic carbocycles. The van der Waals surface area contributed by atoms with E-state index < -0.39 is 24.7 Å². The lowest BCUT2D eigenvalue weighted by molar-refractivity contribution is -0.156. The Hall–Kier alpha value is -3.64. The molecular formula is C35H40ClNO8S2. The molecule has 2 aromatic heterocycles. The molecule has 3 aromatic carbocycles. The van der Waals surface area contributed by atoms with Crippen molar-refractivity contribution in [2.24, 2.45) is 11.8 Å². The van der Waals surface area contributed by atoms with Gasteiger partial charge in [-0.05, 0) is 93.1 Å². The van der Waals surface area contributed by atoms with Crippen LogP contribution in [-0.2, 0) is 35.0 Å². The molecule has 12 heteroatoms. The highest BCUT2D eigenvalue weighted by atomic mass is 35.7. The molecule has 0 aliphatic rings. The maximum atomic E-state index is 13.7. The van der Waals surface area contributed by atoms with Crippen LogP contribution < -0.4 is 0 Å². The zero-order valence-electron chi connectivity index (χ0n) is 27.1. The summed E-state index contributed by atoms with van der Waals surface area (Å²) in [6, 6.07) is 22.6. The number of furan rings is 2. The highest BCUT2D eigenvalue weighted by Crippen LogP contribution is 2.26. The summed E-state index contributed by atoms with van der Waals surface area (Å²) in [6.07, 6.45) is 3.75. The number of esters is 1. The molecule has 0 spiro atoms. The van der Waals surface area contributed by atoms with Crippen molar-refractivity contribution in [3.8, 4) is 0 Å². The summed E-state index contributed by atoms with van der Waals surface area (Å²) in [5.41, 5.74) is 1.74. The smallest absolute Gasteiger partial charge is 0.306 e. The van der Waals surface area contributed by atoms with Crippen molar-refractivity contribution in [3.05, 3.63) is 97.0 Å². The number of sulfonamides is 1. The van der Waals surface area contributed by atoms with Gasteiger partial charge in [0, 0.05) is 41.0 Å². The Morgan fingerprint density at radius 1 is 0.809 bits per heavy atom. The Balaban J connectivity index is 0.000000318. The third-order valence-electron chi connectivity index (χ3n) is 7.04. The summed E-state index contributed by atoms with van der Waals surface area (Å²) in [5.74, 6) is -0.440. The van der Waals surface area contributed by atoms with Crippen LogP contribution in [0.3, 0.4) is 0 Å². The number of rotatable bonds is 11. The molecule has 47 heavy (non-hydrogen) atoms. The van der Waals surface area contributed by atoms with E-state index in [1.807, 2.05) is 65.0 Å². The molecule has 0 radical (unpaired) electrons. The SMILES string of the molecule is CC(C)CN(C[C@@H](CC(=O)OC(C)(C)C)Cc1ccccc1)S(=O)(=O)c1ccc2occc2c1.O=S(=O)(Cl)c1ccc2occc2c1. The van der Waals surface area contributed by atoms with Gasteiger partial charge in [0.25, 0.3) is 9.05 Å². The van der Waals surface area contributed by atoms with Crippen molar-refractivity contribution in [1.29, 1.82) is 0 Å². The van der Waals surface area contributed by atoms with Gasteiger partial charge < -0.3 is 13.6 Å². The zero-order chi connectivity index (χ0) is 34.4. The predicted octanol–water partition coefficient (Wildman–Crippen LogP) is 8.03. The van der Waals surface area contributed by atoms with Crippen molar-refractivity contribution in [3.63, 3.8) is 0 Å². The molecule has 0 unspecified atom stereocenters. The molecule has 0 amide bonds. The number of hydrogen-bond acceptors (Lipinski definition) is 8. The van der Waals surface area contributed by atoms with E-state index >= 15 is 0 Å². The number of ether oxygens (including phenoxy) is 1. The van der Waals surface area contributed by atoms with Crippen LogP contribution in [0.1, 0.15) is 46.6 Å². The monoisotopic (exact) mass is 701 g/mol. The van der Waals surface area contributed by atoms with Gasteiger partial charge in [-0.1, -0.05) is 44.2 Å². The Bertz CT molecular complexity index is 2010. The van der Waals surface area contributed by atoms with Gasteiger partial charge in [0.15, 0.2) is 0 Å². The van der Waals surface area contributed by atoms with Crippen LogP contribution in [0.25, 0.3) is 21.9 Å². The normalized spacial score (nSPS) is 13.1. The molecule has 0 fully saturated rings. The minimum absolute atomic E-state index is 0.0862. The number of hydrogen-bond donors (Lipinski definition) is 0. The van der Waals surface area contributed by atoms with Crippen molar-refractivity contribution in [2.75, 3.05) is 13.1 Å². The quantitative estimate of drug-likeness (QED) is 0.100. The lowest BCUT2D eigenvalue weighted by Gasteiger charge is -2.29. The first-order chi connectivity index (χ1) is 22.0. The molecule has 5 rings (SSSR count). The van der Waals surface area contributed by atoms with Crippen LogP contribution in [0, 0.1) is 11.8 Å². The van der Waals surface area contributed by atoms with Crippen LogP contribution >= 0.6 is 10.7 Å². The molecule has 0 aliphatic heterocycles. The summed E-state index contributed by atoms with van der Waals surface area (Å²) < 4.78 is 66.8. The topological polar surface area (TPSA) is 124 Å². The van der Waals surface area contributed by atoms with Crippen LogP contribution in [-0.4, -0.2) is 45.8 Å². The van der Waals surface area contributed by atoms with Gasteiger partial charge in [-0.15, -0.1) is 0 Å². The second-order valence-electron chi connectivity index (χ2n) is 12.7. The summed E-state index contributed by atoms with van der Waals surface area (Å²) >= 11 is 0. The highest BCUT2D eigenvalue weighted by molar-refractivity contribution is 8.13. The second-order valence-corrected chi connectivity index (χ2v) is 17.2. The third-order valence-corrected chi connectivity index (χ3v) is 10.2. The largest absolute Gasteiger partial charge is 0.464 e. The molecule has 5 aromatic rings. The molecular weight excluding hydrogens is 662 g/mol. The average Bonchev–Trinajstić information content (AvgIpc) is 3.65. The number of benzene rings is 3. The molecule has 9 nitrogen and oxygen atoms in total. The summed E-state index contributed by atoms with van der Waals surface area (Å²) in [7, 11) is -2.26. The molecule has 0 saturated heterocycles. The van der Waals surface area contributed by atoms with E-state index in [1.54, 1.807) is 42.7 Å². The lowest BCUT2D eigenvalue weighted by atomic mass is 9.95. The van der Waals surface area contributed by atoms with E-state index in [0.717, 1.165) is 16.3 Å². The van der Waals surface area contributed by atoms with Crippen LogP contribution in [0.15, 0.2) is 110 Å². The van der Waals surface area contributed by atoms with Crippen molar-refractivity contribution < 1.29 is 35.2 Å². The predicted molar refractivity (Wildman–Crippen MR) is 183 cm³/mol. The summed E-state index contributed by atoms with van der Waals surface area (Å²) in [5, 5.41) is 1.46. The number of fused-ring (bicyclic) bond motifs is 2. The number of halogens is 1. The van der Waals surface area contributed by atoms with E-state index in [1.165, 1.54) is 22.7 Å². The van der Waals surface area contributed by atoms with Gasteiger partial charge in [-0.2, -0.15) is 4.31 Å². The van der Waals surface area contributed by atoms with Crippen molar-refractivity contribution >= 4 is 57.7 Å². The van der Waals surface area contributed by atoms with Crippen molar-refractivity contribution in [2.45, 2.75) is 62.9 Å². The van der Waals surface area contributed by atoms with E-state index in [-0.39, 0.29) is 40.6 Å². The zero-order valence-corrected chi connectivity index (χ0v) is 29.4. The number of carbonyl (C=O) groups excluding carboxylic acids is 1. The Labute approximate surface area is 280 Å². The fourth-order valence-corrected chi connectivity index (χ4v) is 7.59. The van der Waals surface area contributed by atoms with Gasteiger partial charge in [0.1, 0.15) is 16.8 Å². The average molecular weight is 702 g/mol. The van der Waals surface area contributed by atoms with E-state index in [4.69, 9.17) is 24.3 Å².